The molecule has 2 N–H and O–H groups in total. The number of nitrogens with two attached hydrogens (primary N) is 1. The Labute approximate surface area is 103 Å². The average Bonchev–Trinajstić information content (AvgIpc) is 2.29. The Morgan fingerprint density at radius 1 is 0.941 bits per heavy atom. The fourth-order valence-corrected chi connectivity index (χ4v) is 1.72. The van der Waals surface area contributed by atoms with Crippen molar-refractivity contribution in [3.63, 3.8) is 0 Å². The van der Waals surface area contributed by atoms with Crippen molar-refractivity contribution in [2.45, 2.75) is 26.2 Å². The Morgan fingerprint density at radius 3 is 2.06 bits per heavy atom. The first-order valence-corrected chi connectivity index (χ1v) is 5.79. The molecule has 0 saturated carbocycles. The number of pyridine rings is 1. The van der Waals surface area contributed by atoms with Crippen LogP contribution in [0.2, 0.25) is 0 Å². The summed E-state index contributed by atoms with van der Waals surface area (Å²) in [7, 11) is 0. The van der Waals surface area contributed by atoms with Crippen LogP contribution in [0, 0.1) is 0 Å². The third-order valence-corrected chi connectivity index (χ3v) is 2.83. The SMILES string of the molecule is CC(C)(C)c1ccc(-c2ccc(N)cn2)cc1. The Kier molecular flexibility index (Phi) is 2.88. The van der Waals surface area contributed by atoms with E-state index in [4.69, 9.17) is 5.73 Å². The van der Waals surface area contributed by atoms with Crippen LogP contribution in [-0.4, -0.2) is 4.98 Å². The molecule has 1 aromatic heterocycles. The van der Waals surface area contributed by atoms with Crippen LogP contribution in [0.3, 0.4) is 0 Å². The summed E-state index contributed by atoms with van der Waals surface area (Å²) in [5, 5.41) is 0. The van der Waals surface area contributed by atoms with Gasteiger partial charge in [-0.15, -0.1) is 0 Å². The summed E-state index contributed by atoms with van der Waals surface area (Å²) in [5.41, 5.74) is 9.92. The Balaban J connectivity index is 2.33. The molecule has 88 valence electrons. The molecule has 0 unspecified atom stereocenters. The standard InChI is InChI=1S/C15H18N2/c1-15(2,3)12-6-4-11(5-7-12)14-9-8-13(16)10-17-14/h4-10H,16H2,1-3H3. The molecule has 2 nitrogen and oxygen atoms in total. The molecule has 17 heavy (non-hydrogen) atoms. The highest BCUT2D eigenvalue weighted by molar-refractivity contribution is 5.61. The molecular weight excluding hydrogens is 208 g/mol. The van der Waals surface area contributed by atoms with E-state index in [1.165, 1.54) is 5.56 Å². The van der Waals surface area contributed by atoms with Crippen LogP contribution >= 0.6 is 0 Å². The fourth-order valence-electron chi connectivity index (χ4n) is 1.72. The van der Waals surface area contributed by atoms with E-state index in [9.17, 15) is 0 Å². The number of nitrogen functional groups attached to an aromatic ring is 1. The predicted octanol–water partition coefficient (Wildman–Crippen LogP) is 3.63. The second-order valence-corrected chi connectivity index (χ2v) is 5.30. The largest absolute Gasteiger partial charge is 0.397 e. The number of hydrogen-bond acceptors (Lipinski definition) is 2. The number of benzene rings is 1. The van der Waals surface area contributed by atoms with Crippen LogP contribution in [-0.2, 0) is 5.41 Å². The molecule has 1 heterocycles. The highest BCUT2D eigenvalue weighted by Crippen LogP contribution is 2.25. The summed E-state index contributed by atoms with van der Waals surface area (Å²) in [6.45, 7) is 6.64. The van der Waals surface area contributed by atoms with Crippen molar-refractivity contribution in [3.05, 3.63) is 48.2 Å². The molecule has 0 saturated heterocycles. The number of anilines is 1. The lowest BCUT2D eigenvalue weighted by Gasteiger charge is -2.19. The third kappa shape index (κ3) is 2.64. The van der Waals surface area contributed by atoms with Crippen LogP contribution in [0.5, 0.6) is 0 Å². The molecule has 2 aromatic rings. The lowest BCUT2D eigenvalue weighted by molar-refractivity contribution is 0.590. The smallest absolute Gasteiger partial charge is 0.0703 e. The summed E-state index contributed by atoms with van der Waals surface area (Å²) in [5.74, 6) is 0. The minimum Gasteiger partial charge on any atom is -0.397 e. The van der Waals surface area contributed by atoms with Gasteiger partial charge in [-0.2, -0.15) is 0 Å². The summed E-state index contributed by atoms with van der Waals surface area (Å²) < 4.78 is 0. The molecule has 0 bridgehead atoms. The van der Waals surface area contributed by atoms with Gasteiger partial charge in [0.25, 0.3) is 0 Å². The minimum atomic E-state index is 0.188. The van der Waals surface area contributed by atoms with Gasteiger partial charge in [-0.25, -0.2) is 0 Å². The molecule has 2 heteroatoms. The molecule has 2 rings (SSSR count). The van der Waals surface area contributed by atoms with Gasteiger partial charge in [0.1, 0.15) is 0 Å². The van der Waals surface area contributed by atoms with E-state index in [-0.39, 0.29) is 5.41 Å². The van der Waals surface area contributed by atoms with E-state index in [0.717, 1.165) is 11.3 Å². The van der Waals surface area contributed by atoms with Crippen molar-refractivity contribution >= 4 is 5.69 Å². The van der Waals surface area contributed by atoms with Crippen molar-refractivity contribution in [2.24, 2.45) is 0 Å². The molecule has 0 amide bonds. The fraction of sp³-hybridized carbons (Fsp3) is 0.267. The molecule has 1 aromatic carbocycles. The Hall–Kier alpha value is -1.83. The van der Waals surface area contributed by atoms with Crippen LogP contribution in [0.25, 0.3) is 11.3 Å². The summed E-state index contributed by atoms with van der Waals surface area (Å²) in [6, 6.07) is 12.4. The summed E-state index contributed by atoms with van der Waals surface area (Å²) in [4.78, 5) is 4.32. The number of aromatic nitrogens is 1. The molecule has 0 aliphatic heterocycles. The second kappa shape index (κ2) is 4.21. The van der Waals surface area contributed by atoms with Crippen LogP contribution in [0.4, 0.5) is 5.69 Å². The summed E-state index contributed by atoms with van der Waals surface area (Å²) >= 11 is 0. The number of rotatable bonds is 1. The van der Waals surface area contributed by atoms with Crippen molar-refractivity contribution in [3.8, 4) is 11.3 Å². The highest BCUT2D eigenvalue weighted by Gasteiger charge is 2.13. The molecule has 0 atom stereocenters. The van der Waals surface area contributed by atoms with Gasteiger partial charge in [0.15, 0.2) is 0 Å². The van der Waals surface area contributed by atoms with E-state index < -0.39 is 0 Å². The van der Waals surface area contributed by atoms with E-state index in [0.29, 0.717) is 5.69 Å². The van der Waals surface area contributed by atoms with Gasteiger partial charge in [0.05, 0.1) is 17.6 Å². The van der Waals surface area contributed by atoms with Gasteiger partial charge in [-0.05, 0) is 23.1 Å². The second-order valence-electron chi connectivity index (χ2n) is 5.30. The van der Waals surface area contributed by atoms with E-state index in [1.807, 2.05) is 12.1 Å². The van der Waals surface area contributed by atoms with Crippen molar-refractivity contribution in [1.82, 2.24) is 4.98 Å². The first-order valence-electron chi connectivity index (χ1n) is 5.79. The topological polar surface area (TPSA) is 38.9 Å². The predicted molar refractivity (Wildman–Crippen MR) is 72.8 cm³/mol. The average molecular weight is 226 g/mol. The normalized spacial score (nSPS) is 11.5. The quantitative estimate of drug-likeness (QED) is 0.806. The molecule has 0 aliphatic rings. The molecule has 0 fully saturated rings. The maximum absolute atomic E-state index is 5.62. The van der Waals surface area contributed by atoms with Crippen molar-refractivity contribution in [1.29, 1.82) is 0 Å². The Morgan fingerprint density at radius 2 is 1.59 bits per heavy atom. The van der Waals surface area contributed by atoms with E-state index >= 15 is 0 Å². The first kappa shape index (κ1) is 11.6. The maximum atomic E-state index is 5.62. The molecular formula is C15H18N2. The van der Waals surface area contributed by atoms with Gasteiger partial charge >= 0.3 is 0 Å². The van der Waals surface area contributed by atoms with Gasteiger partial charge in [-0.1, -0.05) is 45.0 Å². The summed E-state index contributed by atoms with van der Waals surface area (Å²) in [6.07, 6.45) is 1.69. The minimum absolute atomic E-state index is 0.188. The molecule has 0 aliphatic carbocycles. The van der Waals surface area contributed by atoms with Crippen LogP contribution in [0.1, 0.15) is 26.3 Å². The zero-order valence-corrected chi connectivity index (χ0v) is 10.6. The lowest BCUT2D eigenvalue weighted by atomic mass is 9.86. The van der Waals surface area contributed by atoms with E-state index in [2.05, 4.69) is 50.0 Å². The first-order chi connectivity index (χ1) is 7.97. The Bertz CT molecular complexity index is 490. The van der Waals surface area contributed by atoms with Crippen molar-refractivity contribution < 1.29 is 0 Å². The van der Waals surface area contributed by atoms with Crippen LogP contribution < -0.4 is 5.73 Å². The number of nitrogens with zero attached hydrogens (tertiary/aromatic N) is 1. The van der Waals surface area contributed by atoms with E-state index in [1.54, 1.807) is 6.20 Å². The number of hydrogen-bond donors (Lipinski definition) is 1. The monoisotopic (exact) mass is 226 g/mol. The molecule has 0 radical (unpaired) electrons. The molecule has 0 spiro atoms. The zero-order chi connectivity index (χ0) is 12.5. The lowest BCUT2D eigenvalue weighted by Crippen LogP contribution is -2.10. The zero-order valence-electron chi connectivity index (χ0n) is 10.6. The van der Waals surface area contributed by atoms with Gasteiger partial charge in [0.2, 0.25) is 0 Å². The third-order valence-electron chi connectivity index (χ3n) is 2.83. The van der Waals surface area contributed by atoms with Crippen LogP contribution in [0.15, 0.2) is 42.6 Å². The van der Waals surface area contributed by atoms with Gasteiger partial charge < -0.3 is 5.73 Å². The highest BCUT2D eigenvalue weighted by atomic mass is 14.7. The maximum Gasteiger partial charge on any atom is 0.0703 e. The van der Waals surface area contributed by atoms with Gasteiger partial charge in [-0.3, -0.25) is 4.98 Å². The van der Waals surface area contributed by atoms with Gasteiger partial charge in [0, 0.05) is 5.56 Å². The van der Waals surface area contributed by atoms with Crippen molar-refractivity contribution in [2.75, 3.05) is 5.73 Å².